The number of aliphatic hydroxyl groups excluding tert-OH is 1. The van der Waals surface area contributed by atoms with Crippen molar-refractivity contribution >= 4 is 17.9 Å². The standard InChI is InChI=1S/C25H41N3O6/c1-15(2)5-20(22(31)27-19(12-29)7-18-3-4-26-21(18)30)28-23(32)34-14-24-8-16-6-17(9-24)11-25(33,10-16)13-24/h15-20,29,33H,3-14H2,1-2H3,(H,26,30)(H,27,31)(H,28,32)/t16-,17+,18-,19-,20-,24?,25?/m0/s1/i14D2. The molecule has 2 unspecified atom stereocenters. The van der Waals surface area contributed by atoms with Crippen molar-refractivity contribution < 1.29 is 32.1 Å². The zero-order valence-electron chi connectivity index (χ0n) is 22.3. The molecule has 0 aromatic rings. The van der Waals surface area contributed by atoms with Crippen molar-refractivity contribution in [1.82, 2.24) is 16.0 Å². The maximum Gasteiger partial charge on any atom is 0.407 e. The van der Waals surface area contributed by atoms with E-state index in [2.05, 4.69) is 16.0 Å². The third-order valence-electron chi connectivity index (χ3n) is 8.00. The Hall–Kier alpha value is -1.87. The molecule has 7 atom stereocenters. The first-order valence-electron chi connectivity index (χ1n) is 13.7. The van der Waals surface area contributed by atoms with Gasteiger partial charge in [0.2, 0.25) is 11.8 Å². The molecule has 4 aliphatic carbocycles. The number of carbonyl (C=O) groups is 3. The largest absolute Gasteiger partial charge is 0.449 e. The number of ether oxygens (including phenoxy) is 1. The van der Waals surface area contributed by atoms with Crippen molar-refractivity contribution in [2.24, 2.45) is 29.1 Å². The van der Waals surface area contributed by atoms with E-state index < -0.39 is 41.7 Å². The molecule has 4 saturated carbocycles. The second kappa shape index (κ2) is 10.0. The fourth-order valence-corrected chi connectivity index (χ4v) is 7.06. The number of nitrogens with one attached hydrogen (secondary N) is 3. The Bertz CT molecular complexity index is 855. The molecule has 0 aromatic heterocycles. The quantitative estimate of drug-likeness (QED) is 0.320. The number of carbonyl (C=O) groups excluding carboxylic acids is 3. The zero-order chi connectivity index (χ0) is 26.3. The monoisotopic (exact) mass is 481 g/mol. The molecule has 1 saturated heterocycles. The number of aliphatic hydroxyl groups is 2. The van der Waals surface area contributed by atoms with Crippen LogP contribution in [0.2, 0.25) is 0 Å². The number of alkyl carbamates (subject to hydrolysis) is 1. The molecular weight excluding hydrogens is 438 g/mol. The van der Waals surface area contributed by atoms with E-state index >= 15 is 0 Å². The van der Waals surface area contributed by atoms with Crippen LogP contribution in [0.15, 0.2) is 0 Å². The summed E-state index contributed by atoms with van der Waals surface area (Å²) in [5.74, 6) is -0.387. The Labute approximate surface area is 204 Å². The summed E-state index contributed by atoms with van der Waals surface area (Å²) in [4.78, 5) is 37.8. The smallest absolute Gasteiger partial charge is 0.407 e. The molecule has 5 rings (SSSR count). The number of amides is 3. The maximum atomic E-state index is 13.0. The molecule has 4 bridgehead atoms. The van der Waals surface area contributed by atoms with Gasteiger partial charge in [-0.1, -0.05) is 13.8 Å². The average Bonchev–Trinajstić information content (AvgIpc) is 3.14. The van der Waals surface area contributed by atoms with Gasteiger partial charge in [0.05, 0.1) is 27.6 Å². The summed E-state index contributed by atoms with van der Waals surface area (Å²) in [7, 11) is 0. The van der Waals surface area contributed by atoms with Crippen molar-refractivity contribution in [1.29, 1.82) is 0 Å². The Balaban J connectivity index is 1.39. The summed E-state index contributed by atoms with van der Waals surface area (Å²) in [6.07, 6.45) is 3.98. The van der Waals surface area contributed by atoms with Gasteiger partial charge in [-0.25, -0.2) is 4.79 Å². The van der Waals surface area contributed by atoms with Crippen LogP contribution in [-0.4, -0.2) is 65.5 Å². The predicted octanol–water partition coefficient (Wildman–Crippen LogP) is 1.46. The van der Waals surface area contributed by atoms with Gasteiger partial charge in [0.1, 0.15) is 6.04 Å². The first-order valence-corrected chi connectivity index (χ1v) is 12.7. The highest BCUT2D eigenvalue weighted by molar-refractivity contribution is 5.86. The van der Waals surface area contributed by atoms with Crippen LogP contribution in [0, 0.1) is 29.1 Å². The minimum absolute atomic E-state index is 0.0448. The lowest BCUT2D eigenvalue weighted by Crippen LogP contribution is -2.57. The van der Waals surface area contributed by atoms with Crippen molar-refractivity contribution in [3.8, 4) is 0 Å². The normalized spacial score (nSPS) is 37.0. The lowest BCUT2D eigenvalue weighted by molar-refractivity contribution is -0.175. The van der Waals surface area contributed by atoms with Gasteiger partial charge in [0.15, 0.2) is 0 Å². The third kappa shape index (κ3) is 5.85. The first kappa shape index (κ1) is 22.6. The van der Waals surface area contributed by atoms with E-state index in [9.17, 15) is 24.6 Å². The molecule has 9 heteroatoms. The van der Waals surface area contributed by atoms with Gasteiger partial charge in [-0.2, -0.15) is 0 Å². The van der Waals surface area contributed by atoms with E-state index in [4.69, 9.17) is 7.48 Å². The molecule has 1 heterocycles. The highest BCUT2D eigenvalue weighted by atomic mass is 16.5. The number of rotatable bonds is 10. The van der Waals surface area contributed by atoms with E-state index in [1.54, 1.807) is 0 Å². The van der Waals surface area contributed by atoms with Crippen LogP contribution in [-0.2, 0) is 14.3 Å². The molecule has 5 aliphatic rings. The summed E-state index contributed by atoms with van der Waals surface area (Å²) >= 11 is 0. The molecule has 0 spiro atoms. The molecule has 0 aromatic carbocycles. The summed E-state index contributed by atoms with van der Waals surface area (Å²) < 4.78 is 22.8. The van der Waals surface area contributed by atoms with Crippen LogP contribution < -0.4 is 16.0 Å². The van der Waals surface area contributed by atoms with E-state index in [1.807, 2.05) is 13.8 Å². The molecule has 0 radical (unpaired) electrons. The third-order valence-corrected chi connectivity index (χ3v) is 8.00. The van der Waals surface area contributed by atoms with Gasteiger partial charge in [-0.05, 0) is 75.5 Å². The molecule has 34 heavy (non-hydrogen) atoms. The fourth-order valence-electron chi connectivity index (χ4n) is 7.06. The number of hydrogen-bond donors (Lipinski definition) is 5. The van der Waals surface area contributed by atoms with Gasteiger partial charge in [-0.3, -0.25) is 9.59 Å². The first-order chi connectivity index (χ1) is 16.8. The fraction of sp³-hybridized carbons (Fsp3) is 0.880. The van der Waals surface area contributed by atoms with Crippen molar-refractivity contribution in [3.63, 3.8) is 0 Å². The average molecular weight is 482 g/mol. The molecule has 3 amide bonds. The molecule has 5 fully saturated rings. The minimum Gasteiger partial charge on any atom is -0.449 e. The van der Waals surface area contributed by atoms with Gasteiger partial charge < -0.3 is 30.9 Å². The Morgan fingerprint density at radius 1 is 1.24 bits per heavy atom. The Morgan fingerprint density at radius 3 is 2.50 bits per heavy atom. The molecule has 1 aliphatic heterocycles. The summed E-state index contributed by atoms with van der Waals surface area (Å²) in [5, 5.41) is 28.8. The second-order valence-electron chi connectivity index (χ2n) is 11.7. The van der Waals surface area contributed by atoms with Crippen LogP contribution in [0.3, 0.4) is 0 Å². The summed E-state index contributed by atoms with van der Waals surface area (Å²) in [6, 6.07) is -1.63. The van der Waals surface area contributed by atoms with Gasteiger partial charge in [-0.15, -0.1) is 0 Å². The summed E-state index contributed by atoms with van der Waals surface area (Å²) in [6.45, 7) is 1.74. The maximum absolute atomic E-state index is 13.0. The van der Waals surface area contributed by atoms with Crippen LogP contribution >= 0.6 is 0 Å². The predicted molar refractivity (Wildman–Crippen MR) is 125 cm³/mol. The molecule has 192 valence electrons. The van der Waals surface area contributed by atoms with Crippen molar-refractivity contribution in [2.75, 3.05) is 19.7 Å². The Morgan fingerprint density at radius 2 is 1.94 bits per heavy atom. The topological polar surface area (TPSA) is 137 Å². The van der Waals surface area contributed by atoms with Crippen LogP contribution in [0.1, 0.15) is 74.4 Å². The van der Waals surface area contributed by atoms with Gasteiger partial charge in [0, 0.05) is 17.9 Å². The van der Waals surface area contributed by atoms with E-state index in [0.717, 1.165) is 6.42 Å². The highest BCUT2D eigenvalue weighted by Gasteiger charge is 2.57. The lowest BCUT2D eigenvalue weighted by Gasteiger charge is -2.59. The van der Waals surface area contributed by atoms with E-state index in [0.29, 0.717) is 51.5 Å². The second-order valence-corrected chi connectivity index (χ2v) is 11.7. The molecule has 9 nitrogen and oxygen atoms in total. The lowest BCUT2D eigenvalue weighted by atomic mass is 9.48. The Kier molecular flexibility index (Phi) is 6.65. The zero-order valence-corrected chi connectivity index (χ0v) is 20.3. The van der Waals surface area contributed by atoms with Gasteiger partial charge in [0.25, 0.3) is 0 Å². The van der Waals surface area contributed by atoms with E-state index in [-0.39, 0.29) is 42.6 Å². The van der Waals surface area contributed by atoms with Crippen LogP contribution in [0.4, 0.5) is 4.79 Å². The number of hydrogen-bond acceptors (Lipinski definition) is 6. The van der Waals surface area contributed by atoms with Crippen LogP contribution in [0.25, 0.3) is 0 Å². The van der Waals surface area contributed by atoms with E-state index in [1.165, 1.54) is 0 Å². The summed E-state index contributed by atoms with van der Waals surface area (Å²) in [5.41, 5.74) is -1.82. The van der Waals surface area contributed by atoms with Crippen LogP contribution in [0.5, 0.6) is 0 Å². The van der Waals surface area contributed by atoms with Crippen molar-refractivity contribution in [2.45, 2.75) is 89.3 Å². The molecule has 5 N–H and O–H groups in total. The van der Waals surface area contributed by atoms with Crippen molar-refractivity contribution in [3.05, 3.63) is 0 Å². The SMILES string of the molecule is [2H]C([2H])(OC(=O)N[C@@H](CC(C)C)C(=O)N[C@H](CO)C[C@@H]1CCNC1=O)C12C[C@@H]3C[C@@H](CC(O)(C3)C1)C2. The molecular formula is C25H41N3O6. The minimum atomic E-state index is -2.29. The highest BCUT2D eigenvalue weighted by Crippen LogP contribution is 2.61. The van der Waals surface area contributed by atoms with Gasteiger partial charge >= 0.3 is 6.09 Å².